The second-order valence-corrected chi connectivity index (χ2v) is 5.17. The van der Waals surface area contributed by atoms with E-state index in [1.54, 1.807) is 0 Å². The van der Waals surface area contributed by atoms with Gasteiger partial charge in [0.05, 0.1) is 6.61 Å². The van der Waals surface area contributed by atoms with Crippen molar-refractivity contribution in [2.45, 2.75) is 39.7 Å². The van der Waals surface area contributed by atoms with Crippen molar-refractivity contribution in [3.8, 4) is 0 Å². The first-order valence-electron chi connectivity index (χ1n) is 6.72. The van der Waals surface area contributed by atoms with Crippen molar-refractivity contribution < 1.29 is 9.53 Å². The molecule has 100 valence electrons. The molecule has 0 bridgehead atoms. The number of nitrogens with zero attached hydrogens (tertiary/aromatic N) is 1. The maximum Gasteiger partial charge on any atom is 0.323 e. The molecule has 1 unspecified atom stereocenters. The fourth-order valence-corrected chi connectivity index (χ4v) is 2.00. The maximum absolute atomic E-state index is 11.8. The van der Waals surface area contributed by atoms with Crippen LogP contribution >= 0.6 is 0 Å². The Morgan fingerprint density at radius 1 is 1.29 bits per heavy atom. The second-order valence-electron chi connectivity index (χ2n) is 5.17. The van der Waals surface area contributed by atoms with Gasteiger partial charge < -0.3 is 10.1 Å². The Bertz CT molecular complexity index is 225. The SMILES string of the molecule is CC(C)CCCOC(=O)C(C)N1CCNCC1. The van der Waals surface area contributed by atoms with Crippen LogP contribution < -0.4 is 5.32 Å². The van der Waals surface area contributed by atoms with Crippen LogP contribution in [0.3, 0.4) is 0 Å². The molecular weight excluding hydrogens is 216 g/mol. The van der Waals surface area contributed by atoms with Crippen LogP contribution in [0.15, 0.2) is 0 Å². The van der Waals surface area contributed by atoms with Gasteiger partial charge in [-0.1, -0.05) is 13.8 Å². The van der Waals surface area contributed by atoms with Crippen molar-refractivity contribution in [3.63, 3.8) is 0 Å². The van der Waals surface area contributed by atoms with Gasteiger partial charge in [0.1, 0.15) is 6.04 Å². The molecule has 1 saturated heterocycles. The number of carbonyl (C=O) groups excluding carboxylic acids is 1. The minimum absolute atomic E-state index is 0.0735. The van der Waals surface area contributed by atoms with Crippen LogP contribution in [0.5, 0.6) is 0 Å². The van der Waals surface area contributed by atoms with E-state index < -0.39 is 0 Å². The molecule has 4 heteroatoms. The standard InChI is InChI=1S/C13H26N2O2/c1-11(2)5-4-10-17-13(16)12(3)15-8-6-14-7-9-15/h11-12,14H,4-10H2,1-3H3. The van der Waals surface area contributed by atoms with Gasteiger partial charge >= 0.3 is 5.97 Å². The lowest BCUT2D eigenvalue weighted by molar-refractivity contribution is -0.149. The van der Waals surface area contributed by atoms with Gasteiger partial charge in [-0.3, -0.25) is 9.69 Å². The molecule has 0 saturated carbocycles. The molecule has 1 heterocycles. The molecule has 1 rings (SSSR count). The number of nitrogens with one attached hydrogen (secondary N) is 1. The van der Waals surface area contributed by atoms with Gasteiger partial charge in [-0.2, -0.15) is 0 Å². The number of esters is 1. The molecule has 0 aromatic rings. The average Bonchev–Trinajstić information content (AvgIpc) is 2.34. The van der Waals surface area contributed by atoms with Gasteiger partial charge in [0, 0.05) is 26.2 Å². The van der Waals surface area contributed by atoms with E-state index in [1.165, 1.54) is 0 Å². The molecule has 0 radical (unpaired) electrons. The van der Waals surface area contributed by atoms with E-state index in [0.717, 1.165) is 39.0 Å². The van der Waals surface area contributed by atoms with E-state index >= 15 is 0 Å². The monoisotopic (exact) mass is 242 g/mol. The molecule has 17 heavy (non-hydrogen) atoms. The Morgan fingerprint density at radius 2 is 1.94 bits per heavy atom. The quantitative estimate of drug-likeness (QED) is 0.562. The van der Waals surface area contributed by atoms with Crippen molar-refractivity contribution in [2.24, 2.45) is 5.92 Å². The molecule has 1 fully saturated rings. The molecule has 1 aliphatic rings. The molecule has 0 aliphatic carbocycles. The molecular formula is C13H26N2O2. The lowest BCUT2D eigenvalue weighted by atomic mass is 10.1. The van der Waals surface area contributed by atoms with Crippen LogP contribution in [0.25, 0.3) is 0 Å². The predicted molar refractivity (Wildman–Crippen MR) is 68.9 cm³/mol. The summed E-state index contributed by atoms with van der Waals surface area (Å²) in [6, 6.07) is -0.101. The van der Waals surface area contributed by atoms with Crippen LogP contribution in [-0.4, -0.2) is 49.7 Å². The van der Waals surface area contributed by atoms with E-state index in [1.807, 2.05) is 6.92 Å². The zero-order chi connectivity index (χ0) is 12.7. The summed E-state index contributed by atoms with van der Waals surface area (Å²) in [7, 11) is 0. The first kappa shape index (κ1) is 14.5. The average molecular weight is 242 g/mol. The van der Waals surface area contributed by atoms with E-state index in [0.29, 0.717) is 12.5 Å². The second kappa shape index (κ2) is 7.67. The van der Waals surface area contributed by atoms with Gasteiger partial charge in [-0.25, -0.2) is 0 Å². The molecule has 0 aromatic heterocycles. The number of piperazine rings is 1. The maximum atomic E-state index is 11.8. The first-order valence-corrected chi connectivity index (χ1v) is 6.72. The fourth-order valence-electron chi connectivity index (χ4n) is 2.00. The fraction of sp³-hybridized carbons (Fsp3) is 0.923. The van der Waals surface area contributed by atoms with Gasteiger partial charge in [-0.15, -0.1) is 0 Å². The van der Waals surface area contributed by atoms with Gasteiger partial charge in [0.2, 0.25) is 0 Å². The number of rotatable bonds is 6. The highest BCUT2D eigenvalue weighted by Gasteiger charge is 2.23. The summed E-state index contributed by atoms with van der Waals surface area (Å²) in [6.45, 7) is 10.7. The number of ether oxygens (including phenoxy) is 1. The topological polar surface area (TPSA) is 41.6 Å². The third kappa shape index (κ3) is 5.50. The highest BCUT2D eigenvalue weighted by Crippen LogP contribution is 2.06. The van der Waals surface area contributed by atoms with Crippen LogP contribution in [0, 0.1) is 5.92 Å². The van der Waals surface area contributed by atoms with Crippen LogP contribution in [-0.2, 0) is 9.53 Å². The lowest BCUT2D eigenvalue weighted by Gasteiger charge is -2.31. The van der Waals surface area contributed by atoms with Crippen molar-refractivity contribution in [1.82, 2.24) is 10.2 Å². The summed E-state index contributed by atoms with van der Waals surface area (Å²) < 4.78 is 5.31. The first-order chi connectivity index (χ1) is 8.11. The highest BCUT2D eigenvalue weighted by atomic mass is 16.5. The zero-order valence-corrected chi connectivity index (χ0v) is 11.4. The molecule has 0 spiro atoms. The minimum atomic E-state index is -0.101. The summed E-state index contributed by atoms with van der Waals surface area (Å²) in [4.78, 5) is 14.0. The molecule has 1 aliphatic heterocycles. The minimum Gasteiger partial charge on any atom is -0.465 e. The Morgan fingerprint density at radius 3 is 2.53 bits per heavy atom. The van der Waals surface area contributed by atoms with Crippen molar-refractivity contribution in [2.75, 3.05) is 32.8 Å². The molecule has 0 aromatic carbocycles. The molecule has 4 nitrogen and oxygen atoms in total. The zero-order valence-electron chi connectivity index (χ0n) is 11.4. The summed E-state index contributed by atoms with van der Waals surface area (Å²) in [5.41, 5.74) is 0. The molecule has 0 amide bonds. The third-order valence-corrected chi connectivity index (χ3v) is 3.21. The largest absolute Gasteiger partial charge is 0.465 e. The Balaban J connectivity index is 2.17. The summed E-state index contributed by atoms with van der Waals surface area (Å²) in [6.07, 6.45) is 2.09. The summed E-state index contributed by atoms with van der Waals surface area (Å²) in [5.74, 6) is 0.606. The van der Waals surface area contributed by atoms with E-state index in [4.69, 9.17) is 4.74 Å². The third-order valence-electron chi connectivity index (χ3n) is 3.21. The Hall–Kier alpha value is -0.610. The summed E-state index contributed by atoms with van der Waals surface area (Å²) in [5, 5.41) is 3.28. The number of carbonyl (C=O) groups is 1. The smallest absolute Gasteiger partial charge is 0.323 e. The Labute approximate surface area is 105 Å². The number of hydrogen-bond acceptors (Lipinski definition) is 4. The summed E-state index contributed by atoms with van der Waals surface area (Å²) >= 11 is 0. The van der Waals surface area contributed by atoms with Crippen molar-refractivity contribution in [1.29, 1.82) is 0 Å². The van der Waals surface area contributed by atoms with Crippen LogP contribution in [0.4, 0.5) is 0 Å². The normalized spacial score (nSPS) is 19.3. The molecule has 1 atom stereocenters. The van der Waals surface area contributed by atoms with E-state index in [9.17, 15) is 4.79 Å². The predicted octanol–water partition coefficient (Wildman–Crippen LogP) is 1.26. The highest BCUT2D eigenvalue weighted by molar-refractivity contribution is 5.75. The van der Waals surface area contributed by atoms with Gasteiger partial charge in [0.15, 0.2) is 0 Å². The van der Waals surface area contributed by atoms with Gasteiger partial charge in [0.25, 0.3) is 0 Å². The lowest BCUT2D eigenvalue weighted by Crippen LogP contribution is -2.50. The van der Waals surface area contributed by atoms with Crippen molar-refractivity contribution in [3.05, 3.63) is 0 Å². The van der Waals surface area contributed by atoms with E-state index in [2.05, 4.69) is 24.1 Å². The van der Waals surface area contributed by atoms with Crippen LogP contribution in [0.2, 0.25) is 0 Å². The molecule has 1 N–H and O–H groups in total. The Kier molecular flexibility index (Phi) is 6.52. The number of hydrogen-bond donors (Lipinski definition) is 1. The van der Waals surface area contributed by atoms with Crippen LogP contribution in [0.1, 0.15) is 33.6 Å². The van der Waals surface area contributed by atoms with Crippen molar-refractivity contribution >= 4 is 5.97 Å². The van der Waals surface area contributed by atoms with E-state index in [-0.39, 0.29) is 12.0 Å². The van der Waals surface area contributed by atoms with Gasteiger partial charge in [-0.05, 0) is 25.7 Å².